The predicted octanol–water partition coefficient (Wildman–Crippen LogP) is 3.53. The van der Waals surface area contributed by atoms with Crippen LogP contribution in [-0.4, -0.2) is 36.4 Å². The van der Waals surface area contributed by atoms with E-state index in [-0.39, 0.29) is 17.9 Å². The number of hydrogen-bond donors (Lipinski definition) is 0. The molecule has 0 amide bonds. The first-order valence-electron chi connectivity index (χ1n) is 9.13. The first kappa shape index (κ1) is 19.4. The molecule has 7 nitrogen and oxygen atoms in total. The molecule has 150 valence electrons. The lowest BCUT2D eigenvalue weighted by atomic mass is 10.0. The van der Waals surface area contributed by atoms with E-state index in [9.17, 15) is 18.8 Å². The molecule has 0 saturated carbocycles. The molecular weight excluding hydrogens is 390 g/mol. The lowest BCUT2D eigenvalue weighted by Crippen LogP contribution is -2.08. The summed E-state index contributed by atoms with van der Waals surface area (Å²) in [4.78, 5) is 20.0. The first-order valence-corrected chi connectivity index (χ1v) is 9.13. The number of aromatic nitrogens is 5. The van der Waals surface area contributed by atoms with Crippen LogP contribution in [0, 0.1) is 11.3 Å². The number of imidazole rings is 2. The lowest BCUT2D eigenvalue weighted by molar-refractivity contribution is -0.116. The van der Waals surface area contributed by atoms with Crippen LogP contribution in [0.15, 0.2) is 48.9 Å². The number of rotatable bonds is 6. The number of carbonyl (C=O) groups excluding carboxylic acids is 1. The molecule has 0 aliphatic carbocycles. The SMILES string of the molecule is CC(=O)Cc1cccc(-c2ncn(CC(F)F)c2-c2ccc3ncc(C#N)n3n2)c1. The molecule has 0 N–H and O–H groups in total. The highest BCUT2D eigenvalue weighted by Gasteiger charge is 2.20. The Morgan fingerprint density at radius 1 is 1.23 bits per heavy atom. The maximum atomic E-state index is 13.2. The summed E-state index contributed by atoms with van der Waals surface area (Å²) in [5.74, 6) is 0.0202. The summed E-state index contributed by atoms with van der Waals surface area (Å²) in [7, 11) is 0. The molecule has 9 heteroatoms. The number of benzene rings is 1. The molecular formula is C21H16F2N6O. The van der Waals surface area contributed by atoms with Crippen molar-refractivity contribution >= 4 is 11.4 Å². The highest BCUT2D eigenvalue weighted by atomic mass is 19.3. The standard InChI is InChI=1S/C21H16F2N6O/c1-13(30)7-14-3-2-4-15(8-14)20-21(28(12-26-20)11-18(22)23)17-5-6-19-25-10-16(9-24)29(19)27-17/h2-6,8,10,12,18H,7,11H2,1H3. The Kier molecular flexibility index (Phi) is 5.06. The van der Waals surface area contributed by atoms with Gasteiger partial charge in [-0.1, -0.05) is 18.2 Å². The number of alkyl halides is 2. The van der Waals surface area contributed by atoms with Gasteiger partial charge in [0.1, 0.15) is 17.5 Å². The molecule has 0 saturated heterocycles. The van der Waals surface area contributed by atoms with Gasteiger partial charge in [0, 0.05) is 12.0 Å². The number of fused-ring (bicyclic) bond motifs is 1. The molecule has 0 spiro atoms. The molecule has 0 fully saturated rings. The van der Waals surface area contributed by atoms with Gasteiger partial charge >= 0.3 is 0 Å². The Balaban J connectivity index is 1.89. The molecule has 0 radical (unpaired) electrons. The molecule has 0 aliphatic heterocycles. The Hall–Kier alpha value is -3.93. The molecule has 1 aromatic carbocycles. The average Bonchev–Trinajstić information content (AvgIpc) is 3.30. The van der Waals surface area contributed by atoms with Crippen molar-refractivity contribution in [2.24, 2.45) is 0 Å². The summed E-state index contributed by atoms with van der Waals surface area (Å²) in [6.07, 6.45) is 0.432. The van der Waals surface area contributed by atoms with Crippen molar-refractivity contribution in [2.75, 3.05) is 0 Å². The quantitative estimate of drug-likeness (QED) is 0.489. The summed E-state index contributed by atoms with van der Waals surface area (Å²) in [6, 6.07) is 12.6. The average molecular weight is 406 g/mol. The Labute approximate surface area is 170 Å². The van der Waals surface area contributed by atoms with Crippen molar-refractivity contribution in [1.82, 2.24) is 24.1 Å². The molecule has 0 aliphatic rings. The van der Waals surface area contributed by atoms with Crippen LogP contribution >= 0.6 is 0 Å². The zero-order valence-electron chi connectivity index (χ0n) is 16.0. The lowest BCUT2D eigenvalue weighted by Gasteiger charge is -2.10. The number of carbonyl (C=O) groups is 1. The molecule has 3 heterocycles. The third kappa shape index (κ3) is 3.67. The van der Waals surface area contributed by atoms with Gasteiger partial charge in [0.25, 0.3) is 6.43 Å². The number of hydrogen-bond acceptors (Lipinski definition) is 5. The summed E-state index contributed by atoms with van der Waals surface area (Å²) < 4.78 is 29.1. The van der Waals surface area contributed by atoms with Crippen LogP contribution in [0.4, 0.5) is 8.78 Å². The van der Waals surface area contributed by atoms with Crippen molar-refractivity contribution in [3.8, 4) is 28.7 Å². The van der Waals surface area contributed by atoms with Crippen LogP contribution in [0.5, 0.6) is 0 Å². The zero-order chi connectivity index (χ0) is 21.3. The molecule has 4 rings (SSSR count). The summed E-state index contributed by atoms with van der Waals surface area (Å²) in [5.41, 5.74) is 3.43. The van der Waals surface area contributed by atoms with Gasteiger partial charge in [-0.2, -0.15) is 10.4 Å². The number of ketones is 1. The van der Waals surface area contributed by atoms with Gasteiger partial charge in [0.2, 0.25) is 0 Å². The van der Waals surface area contributed by atoms with E-state index in [4.69, 9.17) is 0 Å². The van der Waals surface area contributed by atoms with Crippen molar-refractivity contribution in [3.63, 3.8) is 0 Å². The van der Waals surface area contributed by atoms with Gasteiger partial charge in [-0.25, -0.2) is 23.3 Å². The van der Waals surface area contributed by atoms with E-state index >= 15 is 0 Å². The van der Waals surface area contributed by atoms with E-state index in [1.54, 1.807) is 24.3 Å². The Bertz CT molecular complexity index is 1280. The maximum Gasteiger partial charge on any atom is 0.256 e. The second kappa shape index (κ2) is 7.83. The highest BCUT2D eigenvalue weighted by Crippen LogP contribution is 2.31. The summed E-state index contributed by atoms with van der Waals surface area (Å²) in [6.45, 7) is 0.955. The van der Waals surface area contributed by atoms with Gasteiger partial charge in [-0.05, 0) is 30.7 Å². The highest BCUT2D eigenvalue weighted by molar-refractivity contribution is 5.80. The molecule has 0 atom stereocenters. The van der Waals surface area contributed by atoms with Gasteiger partial charge in [-0.3, -0.25) is 4.79 Å². The minimum absolute atomic E-state index is 0.0202. The van der Waals surface area contributed by atoms with Gasteiger partial charge in [0.05, 0.1) is 30.5 Å². The Morgan fingerprint density at radius 2 is 2.07 bits per heavy atom. The number of nitriles is 1. The monoisotopic (exact) mass is 406 g/mol. The molecule has 3 aromatic heterocycles. The second-order valence-electron chi connectivity index (χ2n) is 6.81. The molecule has 4 aromatic rings. The third-order valence-corrected chi connectivity index (χ3v) is 4.55. The van der Waals surface area contributed by atoms with E-state index < -0.39 is 13.0 Å². The first-order chi connectivity index (χ1) is 14.5. The van der Waals surface area contributed by atoms with Crippen molar-refractivity contribution in [3.05, 3.63) is 60.2 Å². The van der Waals surface area contributed by atoms with Gasteiger partial charge in [-0.15, -0.1) is 0 Å². The molecule has 0 unspecified atom stereocenters. The molecule has 0 bridgehead atoms. The van der Waals surface area contributed by atoms with Gasteiger partial charge in [0.15, 0.2) is 11.3 Å². The van der Waals surface area contributed by atoms with Crippen molar-refractivity contribution < 1.29 is 13.6 Å². The largest absolute Gasteiger partial charge is 0.323 e. The molecule has 30 heavy (non-hydrogen) atoms. The minimum atomic E-state index is -2.58. The van der Waals surface area contributed by atoms with Crippen molar-refractivity contribution in [2.45, 2.75) is 26.3 Å². The van der Waals surface area contributed by atoms with Crippen LogP contribution in [0.3, 0.4) is 0 Å². The normalized spacial score (nSPS) is 11.2. The fourth-order valence-corrected chi connectivity index (χ4v) is 3.34. The summed E-state index contributed by atoms with van der Waals surface area (Å²) in [5, 5.41) is 13.7. The topological polar surface area (TPSA) is 88.9 Å². The third-order valence-electron chi connectivity index (χ3n) is 4.55. The fourth-order valence-electron chi connectivity index (χ4n) is 3.34. The minimum Gasteiger partial charge on any atom is -0.323 e. The number of nitrogens with zero attached hydrogens (tertiary/aromatic N) is 6. The van der Waals surface area contributed by atoms with Crippen LogP contribution in [-0.2, 0) is 17.8 Å². The number of halogens is 2. The van der Waals surface area contributed by atoms with Gasteiger partial charge < -0.3 is 4.57 Å². The number of Topliss-reactive ketones (excluding diaryl/α,β-unsaturated/α-hetero) is 1. The Morgan fingerprint density at radius 3 is 2.80 bits per heavy atom. The van der Waals surface area contributed by atoms with E-state index in [0.717, 1.165) is 5.56 Å². The predicted molar refractivity (Wildman–Crippen MR) is 105 cm³/mol. The van der Waals surface area contributed by atoms with Crippen LogP contribution in [0.25, 0.3) is 28.3 Å². The van der Waals surface area contributed by atoms with E-state index in [1.807, 2.05) is 18.2 Å². The van der Waals surface area contributed by atoms with E-state index in [2.05, 4.69) is 15.1 Å². The summed E-state index contributed by atoms with van der Waals surface area (Å²) >= 11 is 0. The van der Waals surface area contributed by atoms with Crippen LogP contribution < -0.4 is 0 Å². The zero-order valence-corrected chi connectivity index (χ0v) is 16.0. The second-order valence-corrected chi connectivity index (χ2v) is 6.81. The maximum absolute atomic E-state index is 13.2. The van der Waals surface area contributed by atoms with E-state index in [0.29, 0.717) is 28.3 Å². The van der Waals surface area contributed by atoms with Crippen molar-refractivity contribution in [1.29, 1.82) is 5.26 Å². The van der Waals surface area contributed by atoms with Crippen LogP contribution in [0.1, 0.15) is 18.2 Å². The van der Waals surface area contributed by atoms with E-state index in [1.165, 1.54) is 28.5 Å². The smallest absolute Gasteiger partial charge is 0.256 e. The van der Waals surface area contributed by atoms with Crippen LogP contribution in [0.2, 0.25) is 0 Å². The fraction of sp³-hybridized carbons (Fsp3) is 0.190.